The molecule has 2 aromatic carbocycles. The van der Waals surface area contributed by atoms with E-state index in [1.807, 2.05) is 6.92 Å². The van der Waals surface area contributed by atoms with Crippen molar-refractivity contribution >= 4 is 9.84 Å². The molecule has 0 bridgehead atoms. The van der Waals surface area contributed by atoms with E-state index in [-0.39, 0.29) is 10.7 Å². The van der Waals surface area contributed by atoms with E-state index >= 15 is 0 Å². The summed E-state index contributed by atoms with van der Waals surface area (Å²) >= 11 is 0. The van der Waals surface area contributed by atoms with Crippen molar-refractivity contribution in [3.05, 3.63) is 65.5 Å². The monoisotopic (exact) mass is 315 g/mol. The normalized spacial score (nSPS) is 23.8. The third-order valence-electron chi connectivity index (χ3n) is 4.07. The van der Waals surface area contributed by atoms with Gasteiger partial charge in [-0.05, 0) is 36.8 Å². The Bertz CT molecular complexity index is 836. The van der Waals surface area contributed by atoms with E-state index < -0.39 is 26.9 Å². The molecule has 0 spiro atoms. The fraction of sp³-hybridized carbons (Fsp3) is 0.235. The Morgan fingerprint density at radius 3 is 2.18 bits per heavy atom. The standard InChI is InChI=1S/C17H14FNO2S/c1-11-2-8-14(9-3-11)22(20,21)17-15(10-19)16(17)12-4-6-13(18)7-5-12/h2-9,15-17H,1H3/t15-,16+,17+/m1/s1. The molecule has 0 heterocycles. The Kier molecular flexibility index (Phi) is 3.50. The van der Waals surface area contributed by atoms with Crippen LogP contribution in [0.25, 0.3) is 0 Å². The van der Waals surface area contributed by atoms with Gasteiger partial charge in [0.1, 0.15) is 5.82 Å². The fourth-order valence-electron chi connectivity index (χ4n) is 2.79. The Morgan fingerprint density at radius 2 is 1.64 bits per heavy atom. The van der Waals surface area contributed by atoms with Gasteiger partial charge in [-0.15, -0.1) is 0 Å². The quantitative estimate of drug-likeness (QED) is 0.874. The second kappa shape index (κ2) is 5.22. The van der Waals surface area contributed by atoms with Crippen LogP contribution in [0.4, 0.5) is 4.39 Å². The second-order valence-electron chi connectivity index (χ2n) is 5.55. The van der Waals surface area contributed by atoms with Gasteiger partial charge in [0.25, 0.3) is 0 Å². The summed E-state index contributed by atoms with van der Waals surface area (Å²) in [4.78, 5) is 0.230. The molecular formula is C17H14FNO2S. The summed E-state index contributed by atoms with van der Waals surface area (Å²) < 4.78 is 38.4. The molecule has 0 saturated heterocycles. The molecule has 112 valence electrons. The highest BCUT2D eigenvalue weighted by Crippen LogP contribution is 2.53. The van der Waals surface area contributed by atoms with Crippen LogP contribution in [0.1, 0.15) is 17.0 Å². The number of aryl methyl sites for hydroxylation is 1. The Balaban J connectivity index is 1.95. The lowest BCUT2D eigenvalue weighted by atomic mass is 10.1. The number of benzene rings is 2. The minimum absolute atomic E-state index is 0.230. The summed E-state index contributed by atoms with van der Waals surface area (Å²) in [6.07, 6.45) is 0. The highest BCUT2D eigenvalue weighted by molar-refractivity contribution is 7.92. The Hall–Kier alpha value is -2.19. The zero-order chi connectivity index (χ0) is 15.9. The largest absolute Gasteiger partial charge is 0.223 e. The lowest BCUT2D eigenvalue weighted by molar-refractivity contribution is 0.593. The molecule has 2 aromatic rings. The predicted molar refractivity (Wildman–Crippen MR) is 80.4 cm³/mol. The third-order valence-corrected chi connectivity index (χ3v) is 6.30. The molecule has 0 unspecified atom stereocenters. The molecule has 3 rings (SSSR count). The van der Waals surface area contributed by atoms with Gasteiger partial charge >= 0.3 is 0 Å². The topological polar surface area (TPSA) is 57.9 Å². The zero-order valence-corrected chi connectivity index (χ0v) is 12.7. The Labute approximate surface area is 128 Å². The summed E-state index contributed by atoms with van der Waals surface area (Å²) in [6, 6.07) is 14.4. The molecule has 0 amide bonds. The zero-order valence-electron chi connectivity index (χ0n) is 11.9. The van der Waals surface area contributed by atoms with Gasteiger partial charge in [-0.3, -0.25) is 0 Å². The van der Waals surface area contributed by atoms with Crippen LogP contribution < -0.4 is 0 Å². The van der Waals surface area contributed by atoms with Crippen molar-refractivity contribution in [1.82, 2.24) is 0 Å². The first-order valence-corrected chi connectivity index (χ1v) is 8.45. The average Bonchev–Trinajstić information content (AvgIpc) is 3.24. The van der Waals surface area contributed by atoms with Gasteiger partial charge < -0.3 is 0 Å². The Morgan fingerprint density at radius 1 is 1.05 bits per heavy atom. The molecule has 3 nitrogen and oxygen atoms in total. The minimum atomic E-state index is -3.57. The van der Waals surface area contributed by atoms with Gasteiger partial charge in [0.15, 0.2) is 9.84 Å². The summed E-state index contributed by atoms with van der Waals surface area (Å²) in [5, 5.41) is 8.47. The number of halogens is 1. The summed E-state index contributed by atoms with van der Waals surface area (Å²) in [6.45, 7) is 1.88. The van der Waals surface area contributed by atoms with Crippen LogP contribution in [0, 0.1) is 30.0 Å². The van der Waals surface area contributed by atoms with Gasteiger partial charge in [0.2, 0.25) is 0 Å². The maximum absolute atomic E-state index is 13.0. The van der Waals surface area contributed by atoms with E-state index in [2.05, 4.69) is 6.07 Å². The maximum Gasteiger partial charge on any atom is 0.183 e. The van der Waals surface area contributed by atoms with Gasteiger partial charge in [-0.2, -0.15) is 5.26 Å². The fourth-order valence-corrected chi connectivity index (χ4v) is 4.86. The van der Waals surface area contributed by atoms with Crippen molar-refractivity contribution < 1.29 is 12.8 Å². The number of sulfone groups is 1. The van der Waals surface area contributed by atoms with E-state index in [0.29, 0.717) is 5.56 Å². The van der Waals surface area contributed by atoms with Crippen molar-refractivity contribution in [2.24, 2.45) is 5.92 Å². The highest BCUT2D eigenvalue weighted by atomic mass is 32.2. The van der Waals surface area contributed by atoms with Gasteiger partial charge in [-0.1, -0.05) is 29.8 Å². The molecule has 22 heavy (non-hydrogen) atoms. The van der Waals surface area contributed by atoms with Crippen molar-refractivity contribution in [2.75, 3.05) is 0 Å². The van der Waals surface area contributed by atoms with Crippen LogP contribution in [0.3, 0.4) is 0 Å². The van der Waals surface area contributed by atoms with Crippen LogP contribution in [0.15, 0.2) is 53.4 Å². The highest BCUT2D eigenvalue weighted by Gasteiger charge is 2.59. The van der Waals surface area contributed by atoms with Gasteiger partial charge in [-0.25, -0.2) is 12.8 Å². The molecule has 0 radical (unpaired) electrons. The molecule has 0 N–H and O–H groups in total. The molecule has 1 fully saturated rings. The second-order valence-corrected chi connectivity index (χ2v) is 7.66. The molecule has 1 saturated carbocycles. The molecule has 3 atom stereocenters. The molecule has 1 aliphatic carbocycles. The van der Waals surface area contributed by atoms with Crippen molar-refractivity contribution in [3.63, 3.8) is 0 Å². The number of nitriles is 1. The van der Waals surface area contributed by atoms with Crippen molar-refractivity contribution in [2.45, 2.75) is 23.0 Å². The lowest BCUT2D eigenvalue weighted by Crippen LogP contribution is -2.10. The van der Waals surface area contributed by atoms with Crippen molar-refractivity contribution in [3.8, 4) is 6.07 Å². The number of nitrogens with zero attached hydrogens (tertiary/aromatic N) is 1. The van der Waals surface area contributed by atoms with E-state index in [1.54, 1.807) is 36.4 Å². The first-order chi connectivity index (χ1) is 10.4. The number of hydrogen-bond donors (Lipinski definition) is 0. The summed E-state index contributed by atoms with van der Waals surface area (Å²) in [5.41, 5.74) is 1.66. The van der Waals surface area contributed by atoms with Crippen LogP contribution in [-0.4, -0.2) is 13.7 Å². The minimum Gasteiger partial charge on any atom is -0.223 e. The first kappa shape index (κ1) is 14.7. The van der Waals surface area contributed by atoms with Crippen LogP contribution >= 0.6 is 0 Å². The molecular weight excluding hydrogens is 301 g/mol. The van der Waals surface area contributed by atoms with Crippen LogP contribution in [-0.2, 0) is 9.84 Å². The maximum atomic E-state index is 13.0. The number of rotatable bonds is 3. The summed E-state index contributed by atoms with van der Waals surface area (Å²) in [5.74, 6) is -1.36. The smallest absolute Gasteiger partial charge is 0.183 e. The third kappa shape index (κ3) is 2.40. The van der Waals surface area contributed by atoms with E-state index in [4.69, 9.17) is 0 Å². The molecule has 0 aromatic heterocycles. The van der Waals surface area contributed by atoms with Gasteiger partial charge in [0, 0.05) is 5.92 Å². The predicted octanol–water partition coefficient (Wildman–Crippen LogP) is 3.21. The number of hydrogen-bond acceptors (Lipinski definition) is 3. The SMILES string of the molecule is Cc1ccc(S(=O)(=O)[C@H]2[C@H](C#N)[C@@H]2c2ccc(F)cc2)cc1. The molecule has 5 heteroatoms. The van der Waals surface area contributed by atoms with Crippen molar-refractivity contribution in [1.29, 1.82) is 5.26 Å². The van der Waals surface area contributed by atoms with Crippen LogP contribution in [0.5, 0.6) is 0 Å². The van der Waals surface area contributed by atoms with E-state index in [1.165, 1.54) is 12.1 Å². The average molecular weight is 315 g/mol. The molecule has 1 aliphatic rings. The van der Waals surface area contributed by atoms with Gasteiger partial charge in [0.05, 0.1) is 22.1 Å². The molecule has 0 aliphatic heterocycles. The van der Waals surface area contributed by atoms with E-state index in [0.717, 1.165) is 5.56 Å². The van der Waals surface area contributed by atoms with E-state index in [9.17, 15) is 18.1 Å². The lowest BCUT2D eigenvalue weighted by Gasteiger charge is -2.04. The summed E-state index contributed by atoms with van der Waals surface area (Å²) in [7, 11) is -3.57. The first-order valence-electron chi connectivity index (χ1n) is 6.91. The van der Waals surface area contributed by atoms with Crippen LogP contribution in [0.2, 0.25) is 0 Å².